The minimum absolute atomic E-state index is 0.425. The third kappa shape index (κ3) is 3.66. The fourth-order valence-electron chi connectivity index (χ4n) is 0.845. The van der Waals surface area contributed by atoms with Gasteiger partial charge >= 0.3 is 0 Å². The van der Waals surface area contributed by atoms with Crippen LogP contribution in [0.5, 0.6) is 0 Å². The molecule has 0 atom stereocenters. The molecule has 0 unspecified atom stereocenters. The van der Waals surface area contributed by atoms with Gasteiger partial charge in [-0.05, 0) is 24.4 Å². The first kappa shape index (κ1) is 12.2. The maximum absolute atomic E-state index is 5.93. The van der Waals surface area contributed by atoms with Crippen molar-refractivity contribution in [1.29, 1.82) is 0 Å². The van der Waals surface area contributed by atoms with E-state index in [1.54, 1.807) is 25.2 Å². The zero-order valence-corrected chi connectivity index (χ0v) is 10.2. The molecule has 0 fully saturated rings. The summed E-state index contributed by atoms with van der Waals surface area (Å²) in [5.74, 6) is 0. The molecule has 80 valence electrons. The maximum Gasteiger partial charge on any atom is 0.186 e. The van der Waals surface area contributed by atoms with Crippen molar-refractivity contribution in [2.75, 3.05) is 7.05 Å². The van der Waals surface area contributed by atoms with E-state index in [0.717, 1.165) is 0 Å². The van der Waals surface area contributed by atoms with E-state index in [0.29, 0.717) is 20.7 Å². The van der Waals surface area contributed by atoms with Crippen molar-refractivity contribution in [3.63, 3.8) is 0 Å². The molecular formula is C9H9Cl2N3S. The lowest BCUT2D eigenvalue weighted by Crippen LogP contribution is -2.28. The molecule has 6 heteroatoms. The molecule has 0 bridgehead atoms. The van der Waals surface area contributed by atoms with Crippen LogP contribution in [0.25, 0.3) is 0 Å². The molecule has 0 aromatic heterocycles. The van der Waals surface area contributed by atoms with Crippen molar-refractivity contribution in [3.8, 4) is 0 Å². The van der Waals surface area contributed by atoms with Gasteiger partial charge in [-0.2, -0.15) is 5.10 Å². The van der Waals surface area contributed by atoms with Gasteiger partial charge in [0.1, 0.15) is 0 Å². The fourth-order valence-corrected chi connectivity index (χ4v) is 1.39. The third-order valence-electron chi connectivity index (χ3n) is 1.59. The van der Waals surface area contributed by atoms with Gasteiger partial charge in [0.05, 0.1) is 16.3 Å². The Hall–Kier alpha value is -0.840. The van der Waals surface area contributed by atoms with Crippen LogP contribution in [0.1, 0.15) is 5.56 Å². The first-order chi connectivity index (χ1) is 7.15. The summed E-state index contributed by atoms with van der Waals surface area (Å²) in [6.45, 7) is 0. The van der Waals surface area contributed by atoms with E-state index in [9.17, 15) is 0 Å². The average Bonchev–Trinajstić information content (AvgIpc) is 2.22. The van der Waals surface area contributed by atoms with Crippen LogP contribution >= 0.6 is 35.4 Å². The van der Waals surface area contributed by atoms with Crippen LogP contribution < -0.4 is 10.7 Å². The van der Waals surface area contributed by atoms with Crippen molar-refractivity contribution in [3.05, 3.63) is 33.8 Å². The number of hydrogen-bond acceptors (Lipinski definition) is 2. The summed E-state index contributed by atoms with van der Waals surface area (Å²) in [5, 5.41) is 8.12. The predicted molar refractivity (Wildman–Crippen MR) is 68.8 cm³/mol. The van der Waals surface area contributed by atoms with E-state index >= 15 is 0 Å². The Bertz CT molecular complexity index is 373. The largest absolute Gasteiger partial charge is 0.364 e. The standard InChI is InChI=1S/C9H9Cl2N3S/c1-12-9(15)14-13-5-6-7(10)3-2-4-8(6)11/h2-5H,1H3,(H2,12,14,15). The molecule has 1 rings (SSSR count). The van der Waals surface area contributed by atoms with E-state index in [1.165, 1.54) is 6.21 Å². The smallest absolute Gasteiger partial charge is 0.186 e. The highest BCUT2D eigenvalue weighted by atomic mass is 35.5. The average molecular weight is 262 g/mol. The summed E-state index contributed by atoms with van der Waals surface area (Å²) in [4.78, 5) is 0. The highest BCUT2D eigenvalue weighted by Gasteiger charge is 2.01. The van der Waals surface area contributed by atoms with Crippen LogP contribution in [0.15, 0.2) is 23.3 Å². The number of halogens is 2. The van der Waals surface area contributed by atoms with E-state index < -0.39 is 0 Å². The Morgan fingerprint density at radius 2 is 2.00 bits per heavy atom. The molecular weight excluding hydrogens is 253 g/mol. The highest BCUT2D eigenvalue weighted by molar-refractivity contribution is 7.80. The first-order valence-electron chi connectivity index (χ1n) is 4.10. The number of nitrogens with one attached hydrogen (secondary N) is 2. The van der Waals surface area contributed by atoms with Crippen LogP contribution in [-0.2, 0) is 0 Å². The Labute approximate surface area is 103 Å². The van der Waals surface area contributed by atoms with Gasteiger partial charge < -0.3 is 5.32 Å². The van der Waals surface area contributed by atoms with Gasteiger partial charge in [-0.1, -0.05) is 29.3 Å². The van der Waals surface area contributed by atoms with Crippen molar-refractivity contribution < 1.29 is 0 Å². The molecule has 0 saturated heterocycles. The summed E-state index contributed by atoms with van der Waals surface area (Å²) in [6, 6.07) is 5.25. The van der Waals surface area contributed by atoms with Gasteiger partial charge in [0, 0.05) is 12.6 Å². The summed E-state index contributed by atoms with van der Waals surface area (Å²) in [7, 11) is 1.70. The van der Waals surface area contributed by atoms with Gasteiger partial charge in [0.15, 0.2) is 5.11 Å². The number of nitrogens with zero attached hydrogens (tertiary/aromatic N) is 1. The molecule has 0 aliphatic rings. The second-order valence-electron chi connectivity index (χ2n) is 2.58. The number of hydrazone groups is 1. The van der Waals surface area contributed by atoms with Crippen molar-refractivity contribution in [2.45, 2.75) is 0 Å². The molecule has 0 radical (unpaired) electrons. The fraction of sp³-hybridized carbons (Fsp3) is 0.111. The highest BCUT2D eigenvalue weighted by Crippen LogP contribution is 2.21. The SMILES string of the molecule is CNC(=S)NN=Cc1c(Cl)cccc1Cl. The summed E-state index contributed by atoms with van der Waals surface area (Å²) in [6.07, 6.45) is 1.52. The summed E-state index contributed by atoms with van der Waals surface area (Å²) >= 11 is 16.7. The molecule has 1 aromatic carbocycles. The molecule has 0 aliphatic heterocycles. The van der Waals surface area contributed by atoms with E-state index in [2.05, 4.69) is 15.8 Å². The lowest BCUT2D eigenvalue weighted by molar-refractivity contribution is 0.982. The first-order valence-corrected chi connectivity index (χ1v) is 5.26. The Kier molecular flexibility index (Phi) is 4.81. The van der Waals surface area contributed by atoms with E-state index in [4.69, 9.17) is 35.4 Å². The van der Waals surface area contributed by atoms with Gasteiger partial charge in [-0.15, -0.1) is 0 Å². The summed E-state index contributed by atoms with van der Waals surface area (Å²) < 4.78 is 0. The number of benzene rings is 1. The summed E-state index contributed by atoms with van der Waals surface area (Å²) in [5.41, 5.74) is 3.27. The van der Waals surface area contributed by atoms with Crippen LogP contribution in [0.4, 0.5) is 0 Å². The Morgan fingerprint density at radius 3 is 2.53 bits per heavy atom. The van der Waals surface area contributed by atoms with Crippen LogP contribution in [0.3, 0.4) is 0 Å². The molecule has 0 amide bonds. The lowest BCUT2D eigenvalue weighted by atomic mass is 10.2. The number of rotatable bonds is 2. The van der Waals surface area contributed by atoms with Crippen LogP contribution in [-0.4, -0.2) is 18.4 Å². The Morgan fingerprint density at radius 1 is 1.40 bits per heavy atom. The predicted octanol–water partition coefficient (Wildman–Crippen LogP) is 2.42. The normalized spacial score (nSPS) is 10.3. The second-order valence-corrected chi connectivity index (χ2v) is 3.81. The monoisotopic (exact) mass is 261 g/mol. The van der Waals surface area contributed by atoms with Gasteiger partial charge in [-0.3, -0.25) is 5.43 Å². The molecule has 0 aliphatic carbocycles. The van der Waals surface area contributed by atoms with E-state index in [-0.39, 0.29) is 0 Å². The molecule has 0 spiro atoms. The maximum atomic E-state index is 5.93. The van der Waals surface area contributed by atoms with Crippen molar-refractivity contribution in [1.82, 2.24) is 10.7 Å². The van der Waals surface area contributed by atoms with E-state index in [1.807, 2.05) is 0 Å². The third-order valence-corrected chi connectivity index (χ3v) is 2.54. The molecule has 15 heavy (non-hydrogen) atoms. The van der Waals surface area contributed by atoms with Crippen LogP contribution in [0.2, 0.25) is 10.0 Å². The minimum Gasteiger partial charge on any atom is -0.364 e. The minimum atomic E-state index is 0.425. The molecule has 3 nitrogen and oxygen atoms in total. The molecule has 0 saturated carbocycles. The second kappa shape index (κ2) is 5.90. The van der Waals surface area contributed by atoms with Gasteiger partial charge in [0.25, 0.3) is 0 Å². The topological polar surface area (TPSA) is 36.4 Å². The van der Waals surface area contributed by atoms with Crippen LogP contribution in [0, 0.1) is 0 Å². The van der Waals surface area contributed by atoms with Gasteiger partial charge in [-0.25, -0.2) is 0 Å². The Balaban J connectivity index is 2.76. The van der Waals surface area contributed by atoms with Crippen molar-refractivity contribution >= 4 is 46.7 Å². The molecule has 0 heterocycles. The zero-order valence-electron chi connectivity index (χ0n) is 7.92. The lowest BCUT2D eigenvalue weighted by Gasteiger charge is -2.02. The quantitative estimate of drug-likeness (QED) is 0.488. The van der Waals surface area contributed by atoms with Crippen molar-refractivity contribution in [2.24, 2.45) is 5.10 Å². The number of hydrogen-bond donors (Lipinski definition) is 2. The molecule has 1 aromatic rings. The molecule has 2 N–H and O–H groups in total. The zero-order chi connectivity index (χ0) is 11.3. The van der Waals surface area contributed by atoms with Gasteiger partial charge in [0.2, 0.25) is 0 Å². The number of thiocarbonyl (C=S) groups is 1.